The molecule has 1 aromatic heterocycles. The predicted molar refractivity (Wildman–Crippen MR) is 123 cm³/mol. The van der Waals surface area contributed by atoms with Gasteiger partial charge >= 0.3 is 0 Å². The van der Waals surface area contributed by atoms with Gasteiger partial charge in [-0.15, -0.1) is 5.10 Å². The molecule has 10 heteroatoms. The van der Waals surface area contributed by atoms with Crippen molar-refractivity contribution in [2.75, 3.05) is 6.54 Å². The molecular weight excluding hydrogens is 448 g/mol. The minimum Gasteiger partial charge on any atom is -0.334 e. The summed E-state index contributed by atoms with van der Waals surface area (Å²) in [6.45, 7) is 3.23. The van der Waals surface area contributed by atoms with E-state index < -0.39 is 11.9 Å². The summed E-state index contributed by atoms with van der Waals surface area (Å²) in [5.74, 6) is 0.0561. The fourth-order valence-corrected chi connectivity index (χ4v) is 6.34. The minimum absolute atomic E-state index is 0.0978. The Morgan fingerprint density at radius 3 is 2.74 bits per heavy atom. The summed E-state index contributed by atoms with van der Waals surface area (Å²) >= 11 is 0. The van der Waals surface area contributed by atoms with Crippen molar-refractivity contribution >= 4 is 23.6 Å². The van der Waals surface area contributed by atoms with Crippen LogP contribution in [0.1, 0.15) is 71.9 Å². The Morgan fingerprint density at radius 1 is 1.11 bits per heavy atom. The van der Waals surface area contributed by atoms with Crippen molar-refractivity contribution in [3.05, 3.63) is 41.2 Å². The van der Waals surface area contributed by atoms with Crippen molar-refractivity contribution < 1.29 is 19.2 Å². The van der Waals surface area contributed by atoms with Gasteiger partial charge < -0.3 is 9.80 Å². The second kappa shape index (κ2) is 8.28. The highest BCUT2D eigenvalue weighted by Crippen LogP contribution is 2.40. The van der Waals surface area contributed by atoms with Crippen molar-refractivity contribution in [1.82, 2.24) is 30.1 Å². The number of likely N-dealkylation sites (tertiary alicyclic amines) is 1. The maximum Gasteiger partial charge on any atom is 0.276 e. The first-order chi connectivity index (χ1) is 16.9. The second-order valence-corrected chi connectivity index (χ2v) is 10.2. The molecule has 4 aliphatic rings. The van der Waals surface area contributed by atoms with Crippen LogP contribution in [0.15, 0.2) is 24.4 Å². The number of imide groups is 1. The Kier molecular flexibility index (Phi) is 5.19. The molecule has 1 N–H and O–H groups in total. The molecule has 4 amide bonds. The van der Waals surface area contributed by atoms with E-state index in [1.807, 2.05) is 17.0 Å². The number of aromatic nitrogens is 3. The highest BCUT2D eigenvalue weighted by Gasteiger charge is 2.43. The van der Waals surface area contributed by atoms with E-state index in [9.17, 15) is 19.2 Å². The van der Waals surface area contributed by atoms with Crippen LogP contribution in [0.4, 0.5) is 0 Å². The summed E-state index contributed by atoms with van der Waals surface area (Å²) in [4.78, 5) is 53.6. The molecule has 2 saturated heterocycles. The molecular formula is C25H28N6O4. The lowest BCUT2D eigenvalue weighted by molar-refractivity contribution is -0.136. The summed E-state index contributed by atoms with van der Waals surface area (Å²) in [5.41, 5.74) is 2.23. The van der Waals surface area contributed by atoms with E-state index in [2.05, 4.69) is 22.6 Å². The van der Waals surface area contributed by atoms with E-state index >= 15 is 0 Å². The van der Waals surface area contributed by atoms with Crippen molar-refractivity contribution in [3.63, 3.8) is 0 Å². The average molecular weight is 477 g/mol. The number of fused-ring (bicyclic) bond motifs is 2. The number of amides is 4. The Morgan fingerprint density at radius 2 is 1.94 bits per heavy atom. The van der Waals surface area contributed by atoms with Crippen LogP contribution in [0.2, 0.25) is 0 Å². The molecule has 6 rings (SSSR count). The van der Waals surface area contributed by atoms with Crippen molar-refractivity contribution in [3.8, 4) is 5.69 Å². The monoisotopic (exact) mass is 476 g/mol. The van der Waals surface area contributed by atoms with Crippen LogP contribution in [0.5, 0.6) is 0 Å². The zero-order valence-electron chi connectivity index (χ0n) is 19.6. The summed E-state index contributed by atoms with van der Waals surface area (Å²) in [5, 5.41) is 10.6. The van der Waals surface area contributed by atoms with Crippen LogP contribution in [0, 0.1) is 11.8 Å². The van der Waals surface area contributed by atoms with E-state index in [1.165, 1.54) is 35.3 Å². The van der Waals surface area contributed by atoms with E-state index in [1.54, 1.807) is 12.3 Å². The van der Waals surface area contributed by atoms with E-state index in [0.717, 1.165) is 12.1 Å². The molecule has 2 aromatic rings. The molecule has 3 fully saturated rings. The highest BCUT2D eigenvalue weighted by molar-refractivity contribution is 6.05. The summed E-state index contributed by atoms with van der Waals surface area (Å²) < 4.78 is 1.52. The summed E-state index contributed by atoms with van der Waals surface area (Å²) in [7, 11) is 0. The third-order valence-electron chi connectivity index (χ3n) is 8.26. The van der Waals surface area contributed by atoms with Crippen LogP contribution in [0.25, 0.3) is 5.69 Å². The second-order valence-electron chi connectivity index (χ2n) is 10.2. The Hall–Kier alpha value is -3.56. The largest absolute Gasteiger partial charge is 0.334 e. The van der Waals surface area contributed by atoms with Crippen molar-refractivity contribution in [1.29, 1.82) is 0 Å². The molecule has 4 unspecified atom stereocenters. The number of carbonyl (C=O) groups is 4. The zero-order chi connectivity index (χ0) is 24.3. The lowest BCUT2D eigenvalue weighted by Gasteiger charge is -2.29. The number of hydrogen-bond donors (Lipinski definition) is 1. The van der Waals surface area contributed by atoms with Gasteiger partial charge in [0, 0.05) is 31.1 Å². The molecule has 1 aromatic carbocycles. The third-order valence-corrected chi connectivity index (χ3v) is 8.26. The Balaban J connectivity index is 1.20. The number of rotatable bonds is 3. The summed E-state index contributed by atoms with van der Waals surface area (Å²) in [6.07, 6.45) is 7.00. The van der Waals surface area contributed by atoms with Gasteiger partial charge in [0.15, 0.2) is 5.69 Å². The fourth-order valence-electron chi connectivity index (χ4n) is 6.34. The van der Waals surface area contributed by atoms with Gasteiger partial charge in [0.25, 0.3) is 11.8 Å². The molecule has 35 heavy (non-hydrogen) atoms. The quantitative estimate of drug-likeness (QED) is 0.674. The van der Waals surface area contributed by atoms with Gasteiger partial charge in [-0.05, 0) is 55.7 Å². The Bertz CT molecular complexity index is 1240. The number of nitrogens with one attached hydrogen (secondary N) is 1. The van der Waals surface area contributed by atoms with Crippen LogP contribution >= 0.6 is 0 Å². The van der Waals surface area contributed by atoms with Gasteiger partial charge in [-0.1, -0.05) is 24.1 Å². The lowest BCUT2D eigenvalue weighted by Crippen LogP contribution is -2.52. The molecule has 0 spiro atoms. The number of benzene rings is 1. The molecule has 4 atom stereocenters. The molecule has 1 saturated carbocycles. The molecule has 0 bridgehead atoms. The average Bonchev–Trinajstić information content (AvgIpc) is 3.56. The molecule has 4 heterocycles. The first-order valence-corrected chi connectivity index (χ1v) is 12.4. The smallest absolute Gasteiger partial charge is 0.276 e. The van der Waals surface area contributed by atoms with Gasteiger partial charge in [-0.3, -0.25) is 24.5 Å². The lowest BCUT2D eigenvalue weighted by atomic mass is 9.79. The van der Waals surface area contributed by atoms with E-state index in [-0.39, 0.29) is 30.2 Å². The molecule has 1 aliphatic carbocycles. The van der Waals surface area contributed by atoms with Crippen LogP contribution in [-0.2, 0) is 16.1 Å². The first kappa shape index (κ1) is 21.9. The molecule has 3 aliphatic heterocycles. The standard InChI is InChI=1S/C25H28N6O4/c1-14-18-5-3-2-4-15(18)11-29(14)25(35)20-13-31(28-27-20)17-7-6-16-12-30(24(34)19(16)10-17)21-8-9-22(32)26-23(21)33/h6-7,10,13-15,18,21H,2-5,8-9,11-12H2,1H3,(H,26,32,33). The van der Waals surface area contributed by atoms with Gasteiger partial charge in [0.05, 0.1) is 11.9 Å². The fraction of sp³-hybridized carbons (Fsp3) is 0.520. The van der Waals surface area contributed by atoms with E-state index in [0.29, 0.717) is 41.7 Å². The normalized spacial score (nSPS) is 28.2. The third kappa shape index (κ3) is 3.62. The molecule has 182 valence electrons. The number of carbonyl (C=O) groups excluding carboxylic acids is 4. The van der Waals surface area contributed by atoms with Gasteiger partial charge in [-0.2, -0.15) is 0 Å². The summed E-state index contributed by atoms with van der Waals surface area (Å²) in [6, 6.07) is 4.94. The predicted octanol–water partition coefficient (Wildman–Crippen LogP) is 1.68. The zero-order valence-corrected chi connectivity index (χ0v) is 19.6. The van der Waals surface area contributed by atoms with E-state index in [4.69, 9.17) is 0 Å². The van der Waals surface area contributed by atoms with Crippen LogP contribution < -0.4 is 5.32 Å². The number of nitrogens with zero attached hydrogens (tertiary/aromatic N) is 5. The first-order valence-electron chi connectivity index (χ1n) is 12.4. The minimum atomic E-state index is -0.655. The van der Waals surface area contributed by atoms with Gasteiger partial charge in [0.1, 0.15) is 6.04 Å². The maximum absolute atomic E-state index is 13.2. The Labute approximate surface area is 202 Å². The highest BCUT2D eigenvalue weighted by atomic mass is 16.2. The number of hydrogen-bond acceptors (Lipinski definition) is 6. The van der Waals surface area contributed by atoms with Gasteiger partial charge in [0.2, 0.25) is 11.8 Å². The topological polar surface area (TPSA) is 118 Å². The van der Waals surface area contributed by atoms with Crippen LogP contribution in [-0.4, -0.2) is 67.1 Å². The number of piperidine rings is 1. The van der Waals surface area contributed by atoms with Crippen molar-refractivity contribution in [2.24, 2.45) is 11.8 Å². The molecule has 0 radical (unpaired) electrons. The molecule has 10 nitrogen and oxygen atoms in total. The van der Waals surface area contributed by atoms with Crippen molar-refractivity contribution in [2.45, 2.75) is 64.1 Å². The maximum atomic E-state index is 13.2. The van der Waals surface area contributed by atoms with Gasteiger partial charge in [-0.25, -0.2) is 4.68 Å². The SMILES string of the molecule is CC1C2CCCCC2CN1C(=O)c1cn(-c2ccc3c(c2)C(=O)N(C2CCC(=O)NC2=O)C3)nn1. The van der Waals surface area contributed by atoms with Crippen LogP contribution in [0.3, 0.4) is 0 Å².